The van der Waals surface area contributed by atoms with Crippen LogP contribution in [0.3, 0.4) is 0 Å². The molecule has 1 fully saturated rings. The van der Waals surface area contributed by atoms with Gasteiger partial charge in [-0.25, -0.2) is 9.97 Å². The topological polar surface area (TPSA) is 62.2 Å². The van der Waals surface area contributed by atoms with E-state index in [9.17, 15) is 4.79 Å². The molecule has 2 aromatic heterocycles. The van der Waals surface area contributed by atoms with Crippen LogP contribution in [0.4, 0.5) is 5.82 Å². The van der Waals surface area contributed by atoms with E-state index < -0.39 is 0 Å². The molecule has 136 valence electrons. The number of rotatable bonds is 4. The van der Waals surface area contributed by atoms with E-state index in [0.29, 0.717) is 18.3 Å². The van der Waals surface area contributed by atoms with E-state index in [0.717, 1.165) is 55.1 Å². The van der Waals surface area contributed by atoms with Crippen LogP contribution in [0.15, 0.2) is 24.5 Å². The lowest BCUT2D eigenvalue weighted by Crippen LogP contribution is -2.45. The van der Waals surface area contributed by atoms with Gasteiger partial charge in [0.05, 0.1) is 0 Å². The number of aromatic nitrogens is 3. The molecule has 1 atom stereocenters. The van der Waals surface area contributed by atoms with Crippen LogP contribution in [-0.2, 0) is 11.2 Å². The molecule has 0 spiro atoms. The van der Waals surface area contributed by atoms with E-state index in [1.54, 1.807) is 12.4 Å². The van der Waals surface area contributed by atoms with Crippen molar-refractivity contribution >= 4 is 11.7 Å². The first-order valence-electron chi connectivity index (χ1n) is 9.49. The highest BCUT2D eigenvalue weighted by Gasteiger charge is 2.33. The summed E-state index contributed by atoms with van der Waals surface area (Å²) in [5.74, 6) is 1.66. The van der Waals surface area contributed by atoms with Crippen LogP contribution < -0.4 is 4.90 Å². The summed E-state index contributed by atoms with van der Waals surface area (Å²) in [6, 6.07) is 4.24. The zero-order valence-electron chi connectivity index (χ0n) is 15.5. The summed E-state index contributed by atoms with van der Waals surface area (Å²) in [7, 11) is 0. The molecule has 4 heterocycles. The molecular weight excluding hydrogens is 326 g/mol. The smallest absolute Gasteiger partial charge is 0.228 e. The third-order valence-corrected chi connectivity index (χ3v) is 5.57. The molecule has 0 saturated carbocycles. The highest BCUT2D eigenvalue weighted by molar-refractivity contribution is 5.95. The zero-order chi connectivity index (χ0) is 18.1. The summed E-state index contributed by atoms with van der Waals surface area (Å²) in [4.78, 5) is 30.7. The standard InChI is InChI=1S/C20H25N5O/c1-3-24-12-4-5-16(24)13-25-18(26)7-6-17-14(2)22-19(23-20(17)25)15-8-10-21-11-9-15/h8-11,16H,3-7,12-13H2,1-2H3. The molecule has 1 saturated heterocycles. The number of nitrogens with zero attached hydrogens (tertiary/aromatic N) is 5. The van der Waals surface area contributed by atoms with Crippen molar-refractivity contribution in [3.63, 3.8) is 0 Å². The first-order chi connectivity index (χ1) is 12.7. The molecule has 0 bridgehead atoms. The van der Waals surface area contributed by atoms with Crippen LogP contribution in [0.1, 0.15) is 37.4 Å². The van der Waals surface area contributed by atoms with E-state index in [1.807, 2.05) is 24.0 Å². The molecule has 1 unspecified atom stereocenters. The lowest BCUT2D eigenvalue weighted by molar-refractivity contribution is -0.119. The van der Waals surface area contributed by atoms with Crippen LogP contribution in [-0.4, -0.2) is 51.4 Å². The molecule has 2 aromatic rings. The summed E-state index contributed by atoms with van der Waals surface area (Å²) >= 11 is 0. The third-order valence-electron chi connectivity index (χ3n) is 5.57. The molecule has 2 aliphatic rings. The summed E-state index contributed by atoms with van der Waals surface area (Å²) in [6.07, 6.45) is 7.12. The van der Waals surface area contributed by atoms with Gasteiger partial charge in [0.2, 0.25) is 5.91 Å². The van der Waals surface area contributed by atoms with E-state index in [1.165, 1.54) is 6.42 Å². The van der Waals surface area contributed by atoms with Crippen molar-refractivity contribution in [2.75, 3.05) is 24.5 Å². The number of likely N-dealkylation sites (N-methyl/N-ethyl adjacent to an activating group) is 1. The average molecular weight is 351 g/mol. The Labute approximate surface area is 154 Å². The largest absolute Gasteiger partial charge is 0.299 e. The second kappa shape index (κ2) is 7.11. The molecule has 0 N–H and O–H groups in total. The maximum atomic E-state index is 12.7. The maximum absolute atomic E-state index is 12.7. The predicted octanol–water partition coefficient (Wildman–Crippen LogP) is 2.61. The van der Waals surface area contributed by atoms with Crippen molar-refractivity contribution in [1.82, 2.24) is 19.9 Å². The Kier molecular flexibility index (Phi) is 4.68. The van der Waals surface area contributed by atoms with E-state index in [-0.39, 0.29) is 5.91 Å². The van der Waals surface area contributed by atoms with Gasteiger partial charge in [0.15, 0.2) is 5.82 Å². The second-order valence-corrected chi connectivity index (χ2v) is 7.10. The number of carbonyl (C=O) groups is 1. The van der Waals surface area contributed by atoms with Gasteiger partial charge < -0.3 is 0 Å². The molecule has 4 rings (SSSR count). The molecule has 26 heavy (non-hydrogen) atoms. The van der Waals surface area contributed by atoms with Crippen LogP contribution in [0.2, 0.25) is 0 Å². The fourth-order valence-corrected chi connectivity index (χ4v) is 4.13. The molecular formula is C20H25N5O. The van der Waals surface area contributed by atoms with Crippen molar-refractivity contribution in [3.05, 3.63) is 35.8 Å². The Morgan fingerprint density at radius 3 is 2.77 bits per heavy atom. The first-order valence-corrected chi connectivity index (χ1v) is 9.49. The van der Waals surface area contributed by atoms with Crippen molar-refractivity contribution in [2.45, 2.75) is 45.6 Å². The third kappa shape index (κ3) is 3.09. The van der Waals surface area contributed by atoms with Gasteiger partial charge in [0.1, 0.15) is 5.82 Å². The minimum absolute atomic E-state index is 0.180. The molecule has 2 aliphatic heterocycles. The Hall–Kier alpha value is -2.34. The molecule has 0 aromatic carbocycles. The summed E-state index contributed by atoms with van der Waals surface area (Å²) < 4.78 is 0. The molecule has 6 heteroatoms. The average Bonchev–Trinajstić information content (AvgIpc) is 3.12. The Bertz CT molecular complexity index is 807. The summed E-state index contributed by atoms with van der Waals surface area (Å²) in [5.41, 5.74) is 3.02. The van der Waals surface area contributed by atoms with Gasteiger partial charge in [-0.3, -0.25) is 19.6 Å². The quantitative estimate of drug-likeness (QED) is 0.847. The number of anilines is 1. The molecule has 1 amide bonds. The SMILES string of the molecule is CCN1CCCC1CN1C(=O)CCc2c(C)nc(-c3ccncc3)nc21. The van der Waals surface area contributed by atoms with Gasteiger partial charge in [-0.2, -0.15) is 0 Å². The van der Waals surface area contributed by atoms with Crippen molar-refractivity contribution in [2.24, 2.45) is 0 Å². The van der Waals surface area contributed by atoms with Crippen molar-refractivity contribution < 1.29 is 4.79 Å². The number of carbonyl (C=O) groups excluding carboxylic acids is 1. The van der Waals surface area contributed by atoms with Gasteiger partial charge in [0, 0.05) is 48.2 Å². The fourth-order valence-electron chi connectivity index (χ4n) is 4.13. The Balaban J connectivity index is 1.72. The first kappa shape index (κ1) is 17.1. The van der Waals surface area contributed by atoms with Gasteiger partial charge in [-0.15, -0.1) is 0 Å². The number of amides is 1. The number of hydrogen-bond acceptors (Lipinski definition) is 5. The normalized spacial score (nSPS) is 20.5. The molecule has 0 aliphatic carbocycles. The monoisotopic (exact) mass is 351 g/mol. The van der Waals surface area contributed by atoms with E-state index >= 15 is 0 Å². The highest BCUT2D eigenvalue weighted by atomic mass is 16.2. The van der Waals surface area contributed by atoms with Gasteiger partial charge in [0.25, 0.3) is 0 Å². The van der Waals surface area contributed by atoms with Crippen molar-refractivity contribution in [1.29, 1.82) is 0 Å². The van der Waals surface area contributed by atoms with Gasteiger partial charge in [-0.05, 0) is 51.4 Å². The highest BCUT2D eigenvalue weighted by Crippen LogP contribution is 2.31. The second-order valence-electron chi connectivity index (χ2n) is 7.10. The maximum Gasteiger partial charge on any atom is 0.228 e. The lowest BCUT2D eigenvalue weighted by atomic mass is 10.0. The fraction of sp³-hybridized carbons (Fsp3) is 0.500. The number of fused-ring (bicyclic) bond motifs is 1. The Morgan fingerprint density at radius 1 is 1.19 bits per heavy atom. The minimum atomic E-state index is 0.180. The summed E-state index contributed by atoms with van der Waals surface area (Å²) in [5, 5.41) is 0. The number of pyridine rings is 1. The van der Waals surface area contributed by atoms with Crippen LogP contribution >= 0.6 is 0 Å². The zero-order valence-corrected chi connectivity index (χ0v) is 15.5. The van der Waals surface area contributed by atoms with Gasteiger partial charge >= 0.3 is 0 Å². The Morgan fingerprint density at radius 2 is 2.00 bits per heavy atom. The van der Waals surface area contributed by atoms with Crippen LogP contribution in [0, 0.1) is 6.92 Å². The van der Waals surface area contributed by atoms with Gasteiger partial charge in [-0.1, -0.05) is 6.92 Å². The molecule has 0 radical (unpaired) electrons. The molecule has 6 nitrogen and oxygen atoms in total. The van der Waals surface area contributed by atoms with Crippen molar-refractivity contribution in [3.8, 4) is 11.4 Å². The number of likely N-dealkylation sites (tertiary alicyclic amines) is 1. The van der Waals surface area contributed by atoms with E-state index in [2.05, 4.69) is 16.8 Å². The minimum Gasteiger partial charge on any atom is -0.299 e. The lowest BCUT2D eigenvalue weighted by Gasteiger charge is -2.33. The van der Waals surface area contributed by atoms with Crippen LogP contribution in [0.5, 0.6) is 0 Å². The summed E-state index contributed by atoms with van der Waals surface area (Å²) in [6.45, 7) is 7.10. The van der Waals surface area contributed by atoms with E-state index in [4.69, 9.17) is 9.97 Å². The number of hydrogen-bond donors (Lipinski definition) is 0. The predicted molar refractivity (Wildman–Crippen MR) is 101 cm³/mol. The number of aryl methyl sites for hydroxylation is 1. The van der Waals surface area contributed by atoms with Crippen LogP contribution in [0.25, 0.3) is 11.4 Å².